The summed E-state index contributed by atoms with van der Waals surface area (Å²) in [5.41, 5.74) is 0.277. The molecule has 0 radical (unpaired) electrons. The maximum absolute atomic E-state index is 11.2. The zero-order chi connectivity index (χ0) is 12.6. The van der Waals surface area contributed by atoms with Crippen LogP contribution in [0.25, 0.3) is 0 Å². The molecule has 0 aromatic rings. The molecule has 1 unspecified atom stereocenters. The quantitative estimate of drug-likeness (QED) is 0.762. The Morgan fingerprint density at radius 1 is 1.44 bits per heavy atom. The minimum atomic E-state index is -0.722. The first-order chi connectivity index (χ1) is 7.20. The largest absolute Gasteiger partial charge is 0.480 e. The fraction of sp³-hybridized carbons (Fsp3) is 0.923. The van der Waals surface area contributed by atoms with E-state index in [9.17, 15) is 9.90 Å². The summed E-state index contributed by atoms with van der Waals surface area (Å²) in [6, 6.07) is -0.154. The van der Waals surface area contributed by atoms with Crippen LogP contribution in [0.15, 0.2) is 0 Å². The first kappa shape index (κ1) is 13.5. The van der Waals surface area contributed by atoms with Gasteiger partial charge in [-0.05, 0) is 37.0 Å². The van der Waals surface area contributed by atoms with Crippen LogP contribution in [-0.4, -0.2) is 23.2 Å². The second kappa shape index (κ2) is 4.36. The van der Waals surface area contributed by atoms with Crippen LogP contribution in [0.5, 0.6) is 0 Å². The van der Waals surface area contributed by atoms with Gasteiger partial charge in [0.05, 0.1) is 0 Å². The SMILES string of the molecule is CC[C@]1(C)CC(C)(C)CC(C(=O)O)N[C@@H]1C. The van der Waals surface area contributed by atoms with E-state index >= 15 is 0 Å². The van der Waals surface area contributed by atoms with Crippen molar-refractivity contribution in [2.45, 2.75) is 66.0 Å². The maximum Gasteiger partial charge on any atom is 0.320 e. The van der Waals surface area contributed by atoms with Crippen molar-refractivity contribution in [3.63, 3.8) is 0 Å². The fourth-order valence-electron chi connectivity index (χ4n) is 3.02. The highest BCUT2D eigenvalue weighted by Crippen LogP contribution is 2.44. The van der Waals surface area contributed by atoms with E-state index in [1.165, 1.54) is 0 Å². The third-order valence-electron chi connectivity index (χ3n) is 4.24. The number of carboxylic acid groups (broad SMARTS) is 1. The first-order valence-electron chi connectivity index (χ1n) is 6.19. The van der Waals surface area contributed by atoms with Gasteiger partial charge in [0.2, 0.25) is 0 Å². The minimum Gasteiger partial charge on any atom is -0.480 e. The van der Waals surface area contributed by atoms with E-state index in [1.807, 2.05) is 0 Å². The predicted octanol–water partition coefficient (Wildman–Crippen LogP) is 2.65. The van der Waals surface area contributed by atoms with Crippen molar-refractivity contribution >= 4 is 5.97 Å². The molecule has 2 N–H and O–H groups in total. The molecule has 1 aliphatic heterocycles. The lowest BCUT2D eigenvalue weighted by atomic mass is 9.69. The second-order valence-electron chi connectivity index (χ2n) is 6.33. The Hall–Kier alpha value is -0.570. The van der Waals surface area contributed by atoms with Crippen molar-refractivity contribution in [1.29, 1.82) is 0 Å². The molecule has 16 heavy (non-hydrogen) atoms. The lowest BCUT2D eigenvalue weighted by Crippen LogP contribution is -2.46. The first-order valence-corrected chi connectivity index (χ1v) is 6.19. The smallest absolute Gasteiger partial charge is 0.320 e. The Labute approximate surface area is 98.6 Å². The van der Waals surface area contributed by atoms with E-state index in [4.69, 9.17) is 0 Å². The van der Waals surface area contributed by atoms with Crippen molar-refractivity contribution < 1.29 is 9.90 Å². The average Bonchev–Trinajstić information content (AvgIpc) is 2.22. The molecule has 0 aromatic heterocycles. The lowest BCUT2D eigenvalue weighted by Gasteiger charge is -2.38. The zero-order valence-corrected chi connectivity index (χ0v) is 11.1. The highest BCUT2D eigenvalue weighted by molar-refractivity contribution is 5.73. The molecule has 3 heteroatoms. The van der Waals surface area contributed by atoms with E-state index in [2.05, 4.69) is 39.9 Å². The molecule has 3 atom stereocenters. The number of rotatable bonds is 2. The number of carboxylic acids is 1. The van der Waals surface area contributed by atoms with Gasteiger partial charge in [0.15, 0.2) is 0 Å². The van der Waals surface area contributed by atoms with E-state index in [1.54, 1.807) is 0 Å². The van der Waals surface area contributed by atoms with Crippen LogP contribution in [0.4, 0.5) is 0 Å². The summed E-state index contributed by atoms with van der Waals surface area (Å²) >= 11 is 0. The Morgan fingerprint density at radius 2 is 2.00 bits per heavy atom. The summed E-state index contributed by atoms with van der Waals surface area (Å²) in [6.07, 6.45) is 2.87. The molecular formula is C13H25NO2. The topological polar surface area (TPSA) is 49.3 Å². The van der Waals surface area contributed by atoms with Gasteiger partial charge >= 0.3 is 5.97 Å². The van der Waals surface area contributed by atoms with Crippen molar-refractivity contribution in [3.05, 3.63) is 0 Å². The minimum absolute atomic E-state index is 0.0889. The van der Waals surface area contributed by atoms with Crippen LogP contribution in [-0.2, 0) is 4.79 Å². The molecule has 0 aromatic carbocycles. The summed E-state index contributed by atoms with van der Waals surface area (Å²) in [4.78, 5) is 11.2. The third-order valence-corrected chi connectivity index (χ3v) is 4.24. The molecule has 0 saturated carbocycles. The van der Waals surface area contributed by atoms with Gasteiger partial charge in [-0.1, -0.05) is 27.7 Å². The molecule has 1 rings (SSSR count). The standard InChI is InChI=1S/C13H25NO2/c1-6-13(5)8-12(3,4)7-10(11(15)16)14-9(13)2/h9-10,14H,6-8H2,1-5H3,(H,15,16)/t9-,10?,13-/m1/s1. The van der Waals surface area contributed by atoms with Gasteiger partial charge < -0.3 is 10.4 Å². The highest BCUT2D eigenvalue weighted by atomic mass is 16.4. The molecule has 0 amide bonds. The summed E-state index contributed by atoms with van der Waals surface area (Å²) in [5, 5.41) is 12.5. The van der Waals surface area contributed by atoms with Crippen LogP contribution in [0.2, 0.25) is 0 Å². The summed E-state index contributed by atoms with van der Waals surface area (Å²) < 4.78 is 0. The summed E-state index contributed by atoms with van der Waals surface area (Å²) in [6.45, 7) is 10.9. The van der Waals surface area contributed by atoms with Crippen molar-refractivity contribution in [3.8, 4) is 0 Å². The number of hydrogen-bond acceptors (Lipinski definition) is 2. The number of nitrogens with one attached hydrogen (secondary N) is 1. The molecule has 0 bridgehead atoms. The van der Waals surface area contributed by atoms with Gasteiger partial charge in [0.1, 0.15) is 6.04 Å². The predicted molar refractivity (Wildman–Crippen MR) is 65.4 cm³/mol. The molecule has 1 saturated heterocycles. The summed E-state index contributed by atoms with van der Waals surface area (Å²) in [7, 11) is 0. The molecule has 1 heterocycles. The van der Waals surface area contributed by atoms with E-state index in [-0.39, 0.29) is 16.9 Å². The molecule has 0 spiro atoms. The summed E-state index contributed by atoms with van der Waals surface area (Å²) in [5.74, 6) is -0.722. The van der Waals surface area contributed by atoms with Crippen molar-refractivity contribution in [2.75, 3.05) is 0 Å². The van der Waals surface area contributed by atoms with Crippen molar-refractivity contribution in [1.82, 2.24) is 5.32 Å². The monoisotopic (exact) mass is 227 g/mol. The van der Waals surface area contributed by atoms with Crippen molar-refractivity contribution in [2.24, 2.45) is 10.8 Å². The molecular weight excluding hydrogens is 202 g/mol. The van der Waals surface area contributed by atoms with Gasteiger partial charge in [-0.15, -0.1) is 0 Å². The number of hydrogen-bond donors (Lipinski definition) is 2. The van der Waals surface area contributed by atoms with Gasteiger partial charge in [-0.3, -0.25) is 4.79 Å². The Kier molecular flexibility index (Phi) is 3.68. The molecule has 94 valence electrons. The van der Waals surface area contributed by atoms with Crippen LogP contribution in [0.3, 0.4) is 0 Å². The highest BCUT2D eigenvalue weighted by Gasteiger charge is 2.42. The van der Waals surface area contributed by atoms with Crippen LogP contribution >= 0.6 is 0 Å². The third kappa shape index (κ3) is 2.76. The van der Waals surface area contributed by atoms with Gasteiger partial charge in [-0.2, -0.15) is 0 Å². The Morgan fingerprint density at radius 3 is 2.44 bits per heavy atom. The van der Waals surface area contributed by atoms with Gasteiger partial charge in [-0.25, -0.2) is 0 Å². The molecule has 0 aliphatic carbocycles. The lowest BCUT2D eigenvalue weighted by molar-refractivity contribution is -0.140. The Bertz CT molecular complexity index is 275. The number of aliphatic carboxylic acids is 1. The fourth-order valence-corrected chi connectivity index (χ4v) is 3.02. The van der Waals surface area contributed by atoms with Crippen LogP contribution in [0, 0.1) is 10.8 Å². The second-order valence-corrected chi connectivity index (χ2v) is 6.33. The van der Waals surface area contributed by atoms with Crippen LogP contribution < -0.4 is 5.32 Å². The zero-order valence-electron chi connectivity index (χ0n) is 11.1. The maximum atomic E-state index is 11.2. The average molecular weight is 227 g/mol. The van der Waals surface area contributed by atoms with E-state index in [0.29, 0.717) is 6.42 Å². The normalized spacial score (nSPS) is 39.1. The Balaban J connectivity index is 2.97. The van der Waals surface area contributed by atoms with Crippen LogP contribution in [0.1, 0.15) is 53.9 Å². The van der Waals surface area contributed by atoms with Gasteiger partial charge in [0, 0.05) is 6.04 Å². The molecule has 1 fully saturated rings. The van der Waals surface area contributed by atoms with E-state index < -0.39 is 12.0 Å². The number of carbonyl (C=O) groups is 1. The van der Waals surface area contributed by atoms with Gasteiger partial charge in [0.25, 0.3) is 0 Å². The molecule has 1 aliphatic rings. The van der Waals surface area contributed by atoms with E-state index in [0.717, 1.165) is 12.8 Å². The molecule has 3 nitrogen and oxygen atoms in total.